The summed E-state index contributed by atoms with van der Waals surface area (Å²) in [5.41, 5.74) is 2.61. The number of nitro groups is 1. The number of hydrogen-bond acceptors (Lipinski definition) is 5. The zero-order chi connectivity index (χ0) is 20.7. The number of carbonyl (C=O) groups excluding carboxylic acids is 2. The average molecular weight is 393 g/mol. The molecule has 2 atom stereocenters. The Morgan fingerprint density at radius 1 is 1.17 bits per heavy atom. The fraction of sp³-hybridized carbons (Fsp3) is 0.238. The number of fused-ring (bicyclic) bond motifs is 3. The number of nitrogens with one attached hydrogen (secondary N) is 1. The van der Waals surface area contributed by atoms with E-state index in [9.17, 15) is 19.7 Å². The number of amides is 1. The number of nitrogens with zero attached hydrogens (tertiary/aromatic N) is 2. The van der Waals surface area contributed by atoms with Gasteiger partial charge in [-0.2, -0.15) is 0 Å². The molecule has 0 saturated heterocycles. The van der Waals surface area contributed by atoms with Crippen molar-refractivity contribution in [2.24, 2.45) is 0 Å². The number of carbonyl (C=O) groups is 2. The van der Waals surface area contributed by atoms with Crippen LogP contribution in [0.4, 0.5) is 5.69 Å². The molecular weight excluding hydrogens is 374 g/mol. The summed E-state index contributed by atoms with van der Waals surface area (Å²) in [5.74, 6) is -0.924. The van der Waals surface area contributed by atoms with E-state index >= 15 is 0 Å². The first kappa shape index (κ1) is 18.7. The van der Waals surface area contributed by atoms with Crippen molar-refractivity contribution in [3.8, 4) is 0 Å². The summed E-state index contributed by atoms with van der Waals surface area (Å²) in [5, 5.41) is 12.6. The van der Waals surface area contributed by atoms with E-state index in [0.29, 0.717) is 11.3 Å². The van der Waals surface area contributed by atoms with E-state index in [1.54, 1.807) is 18.2 Å². The number of esters is 1. The molecule has 3 aromatic rings. The second-order valence-corrected chi connectivity index (χ2v) is 6.95. The first-order valence-corrected chi connectivity index (χ1v) is 9.13. The molecule has 1 amide bonds. The lowest BCUT2D eigenvalue weighted by atomic mass is 9.87. The van der Waals surface area contributed by atoms with Gasteiger partial charge in [0.15, 0.2) is 0 Å². The van der Waals surface area contributed by atoms with Gasteiger partial charge < -0.3 is 14.6 Å². The Morgan fingerprint density at radius 2 is 1.86 bits per heavy atom. The second-order valence-electron chi connectivity index (χ2n) is 6.95. The van der Waals surface area contributed by atoms with Crippen LogP contribution in [-0.2, 0) is 20.7 Å². The highest BCUT2D eigenvalue weighted by Crippen LogP contribution is 2.43. The maximum atomic E-state index is 12.7. The van der Waals surface area contributed by atoms with Crippen LogP contribution < -0.4 is 0 Å². The van der Waals surface area contributed by atoms with E-state index in [1.165, 1.54) is 25.0 Å². The molecule has 8 nitrogen and oxygen atoms in total. The molecule has 1 N–H and O–H groups in total. The number of methoxy groups -OCH3 is 1. The van der Waals surface area contributed by atoms with Crippen LogP contribution in [0.2, 0.25) is 0 Å². The number of aromatic amines is 1. The Morgan fingerprint density at radius 3 is 2.55 bits per heavy atom. The highest BCUT2D eigenvalue weighted by Gasteiger charge is 2.44. The number of nitro benzene ring substituents is 1. The third-order valence-corrected chi connectivity index (χ3v) is 5.40. The number of para-hydroxylation sites is 2. The summed E-state index contributed by atoms with van der Waals surface area (Å²) >= 11 is 0. The Kier molecular flexibility index (Phi) is 4.54. The van der Waals surface area contributed by atoms with Crippen molar-refractivity contribution in [2.45, 2.75) is 25.4 Å². The molecule has 0 spiro atoms. The van der Waals surface area contributed by atoms with Crippen LogP contribution in [0.5, 0.6) is 0 Å². The van der Waals surface area contributed by atoms with Gasteiger partial charge in [0.1, 0.15) is 12.1 Å². The predicted octanol–water partition coefficient (Wildman–Crippen LogP) is 3.11. The summed E-state index contributed by atoms with van der Waals surface area (Å²) in [6, 6.07) is 12.2. The summed E-state index contributed by atoms with van der Waals surface area (Å²) < 4.78 is 4.96. The Bertz CT molecular complexity index is 1140. The van der Waals surface area contributed by atoms with Gasteiger partial charge in [-0.3, -0.25) is 14.9 Å². The van der Waals surface area contributed by atoms with Crippen molar-refractivity contribution in [1.82, 2.24) is 9.88 Å². The molecule has 0 fully saturated rings. The number of ether oxygens (including phenoxy) is 1. The van der Waals surface area contributed by atoms with Gasteiger partial charge >= 0.3 is 5.97 Å². The van der Waals surface area contributed by atoms with E-state index in [1.807, 2.05) is 24.3 Å². The topological polar surface area (TPSA) is 106 Å². The lowest BCUT2D eigenvalue weighted by Crippen LogP contribution is -2.51. The number of rotatable bonds is 3. The Hall–Kier alpha value is -3.68. The predicted molar refractivity (Wildman–Crippen MR) is 105 cm³/mol. The van der Waals surface area contributed by atoms with E-state index in [0.717, 1.165) is 16.5 Å². The van der Waals surface area contributed by atoms with E-state index in [-0.39, 0.29) is 18.0 Å². The molecule has 8 heteroatoms. The fourth-order valence-corrected chi connectivity index (χ4v) is 4.21. The molecule has 1 aromatic heterocycles. The molecule has 0 radical (unpaired) electrons. The molecule has 4 rings (SSSR count). The molecule has 0 bridgehead atoms. The van der Waals surface area contributed by atoms with Gasteiger partial charge in [0.25, 0.3) is 5.69 Å². The van der Waals surface area contributed by atoms with Crippen molar-refractivity contribution >= 4 is 28.5 Å². The number of H-pyrrole nitrogens is 1. The molecule has 1 aliphatic rings. The molecule has 2 heterocycles. The molecule has 2 unspecified atom stereocenters. The first-order chi connectivity index (χ1) is 13.9. The van der Waals surface area contributed by atoms with Crippen molar-refractivity contribution in [1.29, 1.82) is 0 Å². The van der Waals surface area contributed by atoms with Crippen LogP contribution >= 0.6 is 0 Å². The van der Waals surface area contributed by atoms with E-state index in [4.69, 9.17) is 4.74 Å². The summed E-state index contributed by atoms with van der Waals surface area (Å²) in [4.78, 5) is 41.2. The average Bonchev–Trinajstić information content (AvgIpc) is 3.10. The van der Waals surface area contributed by atoms with Gasteiger partial charge in [0, 0.05) is 36.0 Å². The quantitative estimate of drug-likeness (QED) is 0.418. The normalized spacial score (nSPS) is 18.3. The number of benzene rings is 2. The van der Waals surface area contributed by atoms with Crippen LogP contribution in [-0.4, -0.2) is 39.8 Å². The fourth-order valence-electron chi connectivity index (χ4n) is 4.21. The lowest BCUT2D eigenvalue weighted by Gasteiger charge is -2.40. The van der Waals surface area contributed by atoms with Crippen molar-refractivity contribution in [3.05, 3.63) is 75.5 Å². The maximum absolute atomic E-state index is 12.7. The van der Waals surface area contributed by atoms with E-state index < -0.39 is 23.0 Å². The van der Waals surface area contributed by atoms with Crippen LogP contribution in [0.1, 0.15) is 29.8 Å². The zero-order valence-electron chi connectivity index (χ0n) is 15.9. The Balaban J connectivity index is 2.04. The molecule has 2 aromatic carbocycles. The van der Waals surface area contributed by atoms with Crippen LogP contribution in [0.25, 0.3) is 10.9 Å². The number of hydrogen-bond donors (Lipinski definition) is 1. The second kappa shape index (κ2) is 7.05. The maximum Gasteiger partial charge on any atom is 0.328 e. The largest absolute Gasteiger partial charge is 0.467 e. The summed E-state index contributed by atoms with van der Waals surface area (Å²) in [7, 11) is 1.27. The van der Waals surface area contributed by atoms with Gasteiger partial charge in [-0.1, -0.05) is 30.3 Å². The molecule has 1 aliphatic heterocycles. The molecule has 148 valence electrons. The molecule has 0 aliphatic carbocycles. The van der Waals surface area contributed by atoms with Gasteiger partial charge in [-0.05, 0) is 17.7 Å². The van der Waals surface area contributed by atoms with Gasteiger partial charge in [0.05, 0.1) is 17.6 Å². The Labute approximate surface area is 166 Å². The van der Waals surface area contributed by atoms with Gasteiger partial charge in [-0.25, -0.2) is 4.79 Å². The van der Waals surface area contributed by atoms with Crippen molar-refractivity contribution in [2.75, 3.05) is 7.11 Å². The molecular formula is C21H19N3O5. The van der Waals surface area contributed by atoms with Crippen LogP contribution in [0.3, 0.4) is 0 Å². The monoisotopic (exact) mass is 393 g/mol. The van der Waals surface area contributed by atoms with Crippen molar-refractivity contribution < 1.29 is 19.2 Å². The smallest absolute Gasteiger partial charge is 0.328 e. The van der Waals surface area contributed by atoms with Crippen LogP contribution in [0, 0.1) is 10.1 Å². The SMILES string of the molecule is COC(=O)C1Cc2c([nH]c3ccccc23)C(c2ccccc2[N+](=O)[O-])N1C(C)=O. The summed E-state index contributed by atoms with van der Waals surface area (Å²) in [6.45, 7) is 1.35. The van der Waals surface area contributed by atoms with Crippen LogP contribution in [0.15, 0.2) is 48.5 Å². The minimum absolute atomic E-state index is 0.112. The lowest BCUT2D eigenvalue weighted by molar-refractivity contribution is -0.385. The highest BCUT2D eigenvalue weighted by molar-refractivity contribution is 5.90. The van der Waals surface area contributed by atoms with Gasteiger partial charge in [-0.15, -0.1) is 0 Å². The standard InChI is InChI=1S/C21H19N3O5/c1-12(25)23-18(21(26)29-2)11-15-13-7-3-5-9-16(13)22-19(15)20(23)14-8-4-6-10-17(14)24(27)28/h3-10,18,20,22H,11H2,1-2H3. The van der Waals surface area contributed by atoms with Crippen molar-refractivity contribution in [3.63, 3.8) is 0 Å². The molecule has 29 heavy (non-hydrogen) atoms. The van der Waals surface area contributed by atoms with Gasteiger partial charge in [0.2, 0.25) is 5.91 Å². The number of aromatic nitrogens is 1. The highest BCUT2D eigenvalue weighted by atomic mass is 16.6. The minimum Gasteiger partial charge on any atom is -0.467 e. The third kappa shape index (κ3) is 2.93. The zero-order valence-corrected chi connectivity index (χ0v) is 15.9. The molecule has 0 saturated carbocycles. The third-order valence-electron chi connectivity index (χ3n) is 5.40. The summed E-state index contributed by atoms with van der Waals surface area (Å²) in [6.07, 6.45) is 0.267. The van der Waals surface area contributed by atoms with E-state index in [2.05, 4.69) is 4.98 Å². The minimum atomic E-state index is -0.881. The first-order valence-electron chi connectivity index (χ1n) is 9.13.